The van der Waals surface area contributed by atoms with Gasteiger partial charge in [0.2, 0.25) is 0 Å². The van der Waals surface area contributed by atoms with E-state index in [1.54, 1.807) is 16.5 Å². The molecule has 1 saturated heterocycles. The molecule has 0 radical (unpaired) electrons. The van der Waals surface area contributed by atoms with Gasteiger partial charge in [0, 0.05) is 37.7 Å². The van der Waals surface area contributed by atoms with Crippen LogP contribution in [0.15, 0.2) is 48.7 Å². The van der Waals surface area contributed by atoms with Gasteiger partial charge >= 0.3 is 6.09 Å². The number of carboxylic acid groups (broad SMARTS) is 1. The Bertz CT molecular complexity index is 1210. The highest BCUT2D eigenvalue weighted by molar-refractivity contribution is 6.04. The van der Waals surface area contributed by atoms with E-state index in [2.05, 4.69) is 11.0 Å². The molecule has 1 amide bonds. The Morgan fingerprint density at radius 2 is 1.85 bits per heavy atom. The standard InChI is InChI=1S/C24H27N3O3.C2H4O2/c1-16-7-5-6-8-19(16)23(28)27-14-18(11-12-25(2)3)20-13-17(9-10-21(20)27)22-15-30-24(29)26(22)4;1-2(3)4/h5-10,13-14,22H,11-12,15H2,1-4H3;1H3,(H,3,4). The lowest BCUT2D eigenvalue weighted by Gasteiger charge is -2.17. The number of aryl methyl sites for hydroxylation is 1. The normalized spacial score (nSPS) is 15.3. The fourth-order valence-corrected chi connectivity index (χ4v) is 3.99. The largest absolute Gasteiger partial charge is 0.481 e. The number of carbonyl (C=O) groups excluding carboxylic acids is 2. The molecule has 1 atom stereocenters. The highest BCUT2D eigenvalue weighted by atomic mass is 16.6. The van der Waals surface area contributed by atoms with Crippen LogP contribution in [0.1, 0.15) is 40.0 Å². The molecule has 2 heterocycles. The number of nitrogens with zero attached hydrogens (tertiary/aromatic N) is 3. The number of hydrogen-bond donors (Lipinski definition) is 1. The molecule has 4 rings (SSSR count). The zero-order valence-corrected chi connectivity index (χ0v) is 20.2. The average molecular weight is 466 g/mol. The molecule has 1 fully saturated rings. The molecule has 1 aliphatic heterocycles. The lowest BCUT2D eigenvalue weighted by atomic mass is 10.0. The number of likely N-dealkylation sites (N-methyl/N-ethyl adjacent to an activating group) is 2. The van der Waals surface area contributed by atoms with Gasteiger partial charge in [-0.15, -0.1) is 0 Å². The van der Waals surface area contributed by atoms with Crippen LogP contribution in [0.3, 0.4) is 0 Å². The van der Waals surface area contributed by atoms with Crippen LogP contribution in [0.5, 0.6) is 0 Å². The van der Waals surface area contributed by atoms with Crippen LogP contribution >= 0.6 is 0 Å². The number of amides is 1. The Balaban J connectivity index is 0.000000751. The molecule has 1 aromatic heterocycles. The number of fused-ring (bicyclic) bond motifs is 1. The molecule has 34 heavy (non-hydrogen) atoms. The summed E-state index contributed by atoms with van der Waals surface area (Å²) in [5.41, 5.74) is 4.68. The van der Waals surface area contributed by atoms with Crippen LogP contribution < -0.4 is 0 Å². The van der Waals surface area contributed by atoms with Crippen LogP contribution in [0.25, 0.3) is 10.9 Å². The molecule has 3 aromatic rings. The summed E-state index contributed by atoms with van der Waals surface area (Å²) in [6.45, 7) is 4.26. The number of cyclic esters (lactones) is 1. The minimum absolute atomic E-state index is 0.0292. The summed E-state index contributed by atoms with van der Waals surface area (Å²) < 4.78 is 6.95. The summed E-state index contributed by atoms with van der Waals surface area (Å²) in [5, 5.41) is 8.46. The fraction of sp³-hybridized carbons (Fsp3) is 0.346. The lowest BCUT2D eigenvalue weighted by molar-refractivity contribution is -0.134. The highest BCUT2D eigenvalue weighted by Crippen LogP contribution is 2.31. The van der Waals surface area contributed by atoms with Gasteiger partial charge in [0.05, 0.1) is 11.6 Å². The summed E-state index contributed by atoms with van der Waals surface area (Å²) in [6.07, 6.45) is 2.49. The van der Waals surface area contributed by atoms with Crippen molar-refractivity contribution in [3.05, 3.63) is 70.9 Å². The van der Waals surface area contributed by atoms with Crippen molar-refractivity contribution in [1.82, 2.24) is 14.4 Å². The third-order valence-electron chi connectivity index (χ3n) is 5.84. The zero-order chi connectivity index (χ0) is 25.0. The number of hydrogen-bond acceptors (Lipinski definition) is 5. The summed E-state index contributed by atoms with van der Waals surface area (Å²) in [7, 11) is 5.84. The van der Waals surface area contributed by atoms with Crippen molar-refractivity contribution in [1.29, 1.82) is 0 Å². The van der Waals surface area contributed by atoms with Crippen LogP contribution in [-0.4, -0.2) is 71.7 Å². The van der Waals surface area contributed by atoms with Crippen molar-refractivity contribution < 1.29 is 24.2 Å². The Morgan fingerprint density at radius 3 is 2.44 bits per heavy atom. The molecule has 0 saturated carbocycles. The Morgan fingerprint density at radius 1 is 1.18 bits per heavy atom. The van der Waals surface area contributed by atoms with Gasteiger partial charge in [0.1, 0.15) is 6.61 Å². The van der Waals surface area contributed by atoms with Gasteiger partial charge in [0.15, 0.2) is 0 Å². The number of carbonyl (C=O) groups is 3. The minimum atomic E-state index is -0.833. The Hall–Kier alpha value is -3.65. The molecule has 2 aromatic carbocycles. The molecule has 8 heteroatoms. The van der Waals surface area contributed by atoms with E-state index in [0.717, 1.165) is 47.5 Å². The fourth-order valence-electron chi connectivity index (χ4n) is 3.99. The quantitative estimate of drug-likeness (QED) is 0.613. The maximum Gasteiger partial charge on any atom is 0.410 e. The van der Waals surface area contributed by atoms with E-state index in [-0.39, 0.29) is 18.0 Å². The second-order valence-electron chi connectivity index (χ2n) is 8.70. The molecule has 8 nitrogen and oxygen atoms in total. The van der Waals surface area contributed by atoms with Crippen molar-refractivity contribution in [2.24, 2.45) is 0 Å². The molecule has 1 N–H and O–H groups in total. The van der Waals surface area contributed by atoms with E-state index in [1.165, 1.54) is 0 Å². The van der Waals surface area contributed by atoms with Gasteiger partial charge < -0.3 is 19.6 Å². The van der Waals surface area contributed by atoms with E-state index in [4.69, 9.17) is 14.6 Å². The van der Waals surface area contributed by atoms with Crippen LogP contribution in [-0.2, 0) is 16.0 Å². The topological polar surface area (TPSA) is 92.1 Å². The Kier molecular flexibility index (Phi) is 7.73. The predicted octanol–water partition coefficient (Wildman–Crippen LogP) is 3.96. The van der Waals surface area contributed by atoms with Crippen molar-refractivity contribution in [2.45, 2.75) is 26.3 Å². The predicted molar refractivity (Wildman–Crippen MR) is 130 cm³/mol. The SMILES string of the molecule is CC(=O)O.Cc1ccccc1C(=O)n1cc(CCN(C)C)c2cc(C3COC(=O)N3C)ccc21. The van der Waals surface area contributed by atoms with Gasteiger partial charge in [0.25, 0.3) is 11.9 Å². The maximum absolute atomic E-state index is 13.3. The summed E-state index contributed by atoms with van der Waals surface area (Å²) in [6, 6.07) is 13.6. The third kappa shape index (κ3) is 5.46. The van der Waals surface area contributed by atoms with Crippen LogP contribution in [0.4, 0.5) is 4.79 Å². The van der Waals surface area contributed by atoms with E-state index in [9.17, 15) is 9.59 Å². The van der Waals surface area contributed by atoms with E-state index >= 15 is 0 Å². The molecule has 0 spiro atoms. The summed E-state index contributed by atoms with van der Waals surface area (Å²) >= 11 is 0. The van der Waals surface area contributed by atoms with Crippen LogP contribution in [0.2, 0.25) is 0 Å². The van der Waals surface area contributed by atoms with E-state index in [1.807, 2.05) is 63.6 Å². The summed E-state index contributed by atoms with van der Waals surface area (Å²) in [5.74, 6) is -0.863. The van der Waals surface area contributed by atoms with Crippen LogP contribution in [0, 0.1) is 6.92 Å². The first-order valence-electron chi connectivity index (χ1n) is 11.1. The first-order valence-corrected chi connectivity index (χ1v) is 11.1. The number of aromatic nitrogens is 1. The van der Waals surface area contributed by atoms with E-state index in [0.29, 0.717) is 12.2 Å². The molecule has 1 unspecified atom stereocenters. The minimum Gasteiger partial charge on any atom is -0.481 e. The molecular weight excluding hydrogens is 434 g/mol. The lowest BCUT2D eigenvalue weighted by Crippen LogP contribution is -2.22. The first-order chi connectivity index (χ1) is 16.1. The molecule has 0 aliphatic carbocycles. The monoisotopic (exact) mass is 465 g/mol. The second-order valence-corrected chi connectivity index (χ2v) is 8.70. The maximum atomic E-state index is 13.3. The third-order valence-corrected chi connectivity index (χ3v) is 5.84. The average Bonchev–Trinajstić information content (AvgIpc) is 3.31. The number of rotatable bonds is 5. The number of carboxylic acids is 1. The number of ether oxygens (including phenoxy) is 1. The molecule has 0 bridgehead atoms. The van der Waals surface area contributed by atoms with E-state index < -0.39 is 5.97 Å². The zero-order valence-electron chi connectivity index (χ0n) is 20.2. The van der Waals surface area contributed by atoms with Gasteiger partial charge in [-0.2, -0.15) is 0 Å². The Labute approximate surface area is 199 Å². The molecule has 1 aliphatic rings. The smallest absolute Gasteiger partial charge is 0.410 e. The first kappa shape index (κ1) is 25.0. The molecular formula is C26H31N3O5. The highest BCUT2D eigenvalue weighted by Gasteiger charge is 2.31. The van der Waals surface area contributed by atoms with Gasteiger partial charge in [-0.1, -0.05) is 24.3 Å². The van der Waals surface area contributed by atoms with Gasteiger partial charge in [-0.3, -0.25) is 14.2 Å². The van der Waals surface area contributed by atoms with Crippen molar-refractivity contribution in [3.8, 4) is 0 Å². The van der Waals surface area contributed by atoms with Crippen molar-refractivity contribution in [3.63, 3.8) is 0 Å². The molecule has 180 valence electrons. The number of aliphatic carboxylic acids is 1. The van der Waals surface area contributed by atoms with Crippen molar-refractivity contribution >= 4 is 28.9 Å². The number of benzene rings is 2. The summed E-state index contributed by atoms with van der Waals surface area (Å²) in [4.78, 5) is 37.9. The van der Waals surface area contributed by atoms with Crippen molar-refractivity contribution in [2.75, 3.05) is 34.3 Å². The second kappa shape index (κ2) is 10.5. The van der Waals surface area contributed by atoms with Gasteiger partial charge in [-0.05, 0) is 62.3 Å². The van der Waals surface area contributed by atoms with Gasteiger partial charge in [-0.25, -0.2) is 4.79 Å².